The molecule has 86 valence electrons. The highest BCUT2D eigenvalue weighted by Gasteiger charge is 2.32. The van der Waals surface area contributed by atoms with Gasteiger partial charge in [0.05, 0.1) is 5.56 Å². The molecule has 1 aliphatic rings. The number of carbonyl (C=O) groups excluding carboxylic acids is 1. The molecule has 0 radical (unpaired) electrons. The normalized spacial score (nSPS) is 14.9. The molecule has 0 atom stereocenters. The van der Waals surface area contributed by atoms with Crippen LogP contribution in [-0.2, 0) is 0 Å². The fourth-order valence-corrected chi connectivity index (χ4v) is 2.14. The number of hydrogen-bond acceptors (Lipinski definition) is 2. The van der Waals surface area contributed by atoms with Crippen LogP contribution in [0.4, 0.5) is 0 Å². The average Bonchev–Trinajstić information content (AvgIpc) is 3.09. The highest BCUT2D eigenvalue weighted by molar-refractivity contribution is 9.10. The Bertz CT molecular complexity index is 390. The maximum absolute atomic E-state index is 12.2. The summed E-state index contributed by atoms with van der Waals surface area (Å²) in [6.45, 7) is 2.94. The number of nitrogens with zero attached hydrogens (tertiary/aromatic N) is 2. The van der Waals surface area contributed by atoms with Crippen molar-refractivity contribution in [2.45, 2.75) is 32.2 Å². The summed E-state index contributed by atoms with van der Waals surface area (Å²) >= 11 is 3.34. The molecule has 1 heterocycles. The zero-order valence-corrected chi connectivity index (χ0v) is 10.9. The van der Waals surface area contributed by atoms with Crippen molar-refractivity contribution in [1.82, 2.24) is 9.88 Å². The van der Waals surface area contributed by atoms with Crippen LogP contribution in [-0.4, -0.2) is 28.4 Å². The number of pyridine rings is 1. The molecule has 0 bridgehead atoms. The monoisotopic (exact) mass is 282 g/mol. The number of halogens is 1. The van der Waals surface area contributed by atoms with Crippen LogP contribution in [0.25, 0.3) is 0 Å². The van der Waals surface area contributed by atoms with Crippen LogP contribution in [0.3, 0.4) is 0 Å². The first kappa shape index (κ1) is 11.6. The topological polar surface area (TPSA) is 33.2 Å². The van der Waals surface area contributed by atoms with Crippen molar-refractivity contribution in [3.8, 4) is 0 Å². The van der Waals surface area contributed by atoms with Gasteiger partial charge in [0.2, 0.25) is 0 Å². The molecule has 0 N–H and O–H groups in total. The van der Waals surface area contributed by atoms with Crippen LogP contribution >= 0.6 is 15.9 Å². The molecule has 0 saturated heterocycles. The van der Waals surface area contributed by atoms with E-state index in [2.05, 4.69) is 27.8 Å². The van der Waals surface area contributed by atoms with Crippen molar-refractivity contribution in [2.24, 2.45) is 0 Å². The molecular formula is C12H15BrN2O. The zero-order chi connectivity index (χ0) is 11.5. The summed E-state index contributed by atoms with van der Waals surface area (Å²) in [5.74, 6) is 0.109. The molecule has 1 fully saturated rings. The second kappa shape index (κ2) is 4.95. The first-order chi connectivity index (χ1) is 7.72. The first-order valence-corrected chi connectivity index (χ1v) is 6.43. The predicted molar refractivity (Wildman–Crippen MR) is 66.3 cm³/mol. The van der Waals surface area contributed by atoms with Gasteiger partial charge in [-0.05, 0) is 41.3 Å². The maximum atomic E-state index is 12.2. The van der Waals surface area contributed by atoms with Crippen molar-refractivity contribution in [3.05, 3.63) is 28.5 Å². The minimum Gasteiger partial charge on any atom is -0.336 e. The second-order valence-electron chi connectivity index (χ2n) is 4.12. The number of hydrogen-bond donors (Lipinski definition) is 0. The van der Waals surface area contributed by atoms with E-state index in [4.69, 9.17) is 0 Å². The van der Waals surface area contributed by atoms with E-state index in [1.54, 1.807) is 12.4 Å². The Kier molecular flexibility index (Phi) is 3.59. The molecule has 1 aromatic heterocycles. The van der Waals surface area contributed by atoms with Gasteiger partial charge in [0.1, 0.15) is 0 Å². The van der Waals surface area contributed by atoms with Gasteiger partial charge in [-0.25, -0.2) is 0 Å². The van der Waals surface area contributed by atoms with Crippen LogP contribution in [0.5, 0.6) is 0 Å². The van der Waals surface area contributed by atoms with Gasteiger partial charge in [0, 0.05) is 29.5 Å². The molecule has 0 spiro atoms. The quantitative estimate of drug-likeness (QED) is 0.851. The minimum atomic E-state index is 0.109. The van der Waals surface area contributed by atoms with Crippen LogP contribution < -0.4 is 0 Å². The Labute approximate surface area is 104 Å². The fourth-order valence-electron chi connectivity index (χ4n) is 1.77. The van der Waals surface area contributed by atoms with Gasteiger partial charge in [0.15, 0.2) is 0 Å². The third-order valence-electron chi connectivity index (χ3n) is 2.66. The summed E-state index contributed by atoms with van der Waals surface area (Å²) in [4.78, 5) is 18.2. The van der Waals surface area contributed by atoms with Crippen LogP contribution in [0.2, 0.25) is 0 Å². The lowest BCUT2D eigenvalue weighted by Crippen LogP contribution is -2.33. The molecule has 3 nitrogen and oxygen atoms in total. The standard InChI is InChI=1S/C12H15BrN2O/c1-2-5-15(11-3-4-11)12(16)9-6-10(13)8-14-7-9/h6-8,11H,2-5H2,1H3. The Morgan fingerprint density at radius 3 is 2.88 bits per heavy atom. The molecular weight excluding hydrogens is 268 g/mol. The van der Waals surface area contributed by atoms with Gasteiger partial charge in [-0.3, -0.25) is 9.78 Å². The average molecular weight is 283 g/mol. The Hall–Kier alpha value is -0.900. The van der Waals surface area contributed by atoms with Crippen molar-refractivity contribution < 1.29 is 4.79 Å². The summed E-state index contributed by atoms with van der Waals surface area (Å²) in [6, 6.07) is 2.30. The molecule has 1 amide bonds. The van der Waals surface area contributed by atoms with E-state index in [1.165, 1.54) is 0 Å². The third kappa shape index (κ3) is 2.61. The molecule has 2 rings (SSSR count). The number of carbonyl (C=O) groups is 1. The Balaban J connectivity index is 2.15. The number of amides is 1. The largest absolute Gasteiger partial charge is 0.336 e. The van der Waals surface area contributed by atoms with Crippen LogP contribution in [0.1, 0.15) is 36.5 Å². The summed E-state index contributed by atoms with van der Waals surface area (Å²) in [7, 11) is 0. The van der Waals surface area contributed by atoms with Gasteiger partial charge in [-0.2, -0.15) is 0 Å². The molecule has 4 heteroatoms. The van der Waals surface area contributed by atoms with E-state index in [0.717, 1.165) is 30.3 Å². The van der Waals surface area contributed by atoms with Crippen molar-refractivity contribution in [2.75, 3.05) is 6.54 Å². The van der Waals surface area contributed by atoms with E-state index >= 15 is 0 Å². The van der Waals surface area contributed by atoms with Gasteiger partial charge in [0.25, 0.3) is 5.91 Å². The van der Waals surface area contributed by atoms with Crippen LogP contribution in [0.15, 0.2) is 22.9 Å². The van der Waals surface area contributed by atoms with E-state index in [0.29, 0.717) is 11.6 Å². The predicted octanol–water partition coefficient (Wildman–Crippen LogP) is 2.86. The maximum Gasteiger partial charge on any atom is 0.255 e. The van der Waals surface area contributed by atoms with Gasteiger partial charge < -0.3 is 4.90 Å². The molecule has 0 aromatic carbocycles. The Morgan fingerprint density at radius 1 is 1.56 bits per heavy atom. The highest BCUT2D eigenvalue weighted by atomic mass is 79.9. The SMILES string of the molecule is CCCN(C(=O)c1cncc(Br)c1)C1CC1. The smallest absolute Gasteiger partial charge is 0.255 e. The van der Waals surface area contributed by atoms with Crippen molar-refractivity contribution >= 4 is 21.8 Å². The fraction of sp³-hybridized carbons (Fsp3) is 0.500. The molecule has 1 aliphatic carbocycles. The van der Waals surface area contributed by atoms with Gasteiger partial charge >= 0.3 is 0 Å². The lowest BCUT2D eigenvalue weighted by Gasteiger charge is -2.21. The second-order valence-corrected chi connectivity index (χ2v) is 5.04. The van der Waals surface area contributed by atoms with E-state index < -0.39 is 0 Å². The van der Waals surface area contributed by atoms with E-state index in [9.17, 15) is 4.79 Å². The molecule has 16 heavy (non-hydrogen) atoms. The highest BCUT2D eigenvalue weighted by Crippen LogP contribution is 2.28. The van der Waals surface area contributed by atoms with Crippen molar-refractivity contribution in [1.29, 1.82) is 0 Å². The lowest BCUT2D eigenvalue weighted by atomic mass is 10.2. The summed E-state index contributed by atoms with van der Waals surface area (Å²) in [6.07, 6.45) is 6.63. The van der Waals surface area contributed by atoms with E-state index in [-0.39, 0.29) is 5.91 Å². The molecule has 0 unspecified atom stereocenters. The summed E-state index contributed by atoms with van der Waals surface area (Å²) in [5.41, 5.74) is 0.676. The first-order valence-electron chi connectivity index (χ1n) is 5.64. The van der Waals surface area contributed by atoms with Crippen LogP contribution in [0, 0.1) is 0 Å². The molecule has 1 saturated carbocycles. The Morgan fingerprint density at radius 2 is 2.31 bits per heavy atom. The third-order valence-corrected chi connectivity index (χ3v) is 3.10. The number of rotatable bonds is 4. The zero-order valence-electron chi connectivity index (χ0n) is 9.32. The molecule has 1 aromatic rings. The number of aromatic nitrogens is 1. The summed E-state index contributed by atoms with van der Waals surface area (Å²) in [5, 5.41) is 0. The minimum absolute atomic E-state index is 0.109. The lowest BCUT2D eigenvalue weighted by molar-refractivity contribution is 0.0742. The van der Waals surface area contributed by atoms with Gasteiger partial charge in [-0.15, -0.1) is 0 Å². The van der Waals surface area contributed by atoms with Crippen molar-refractivity contribution in [3.63, 3.8) is 0 Å². The van der Waals surface area contributed by atoms with Gasteiger partial charge in [-0.1, -0.05) is 6.92 Å². The summed E-state index contributed by atoms with van der Waals surface area (Å²) < 4.78 is 0.852. The van der Waals surface area contributed by atoms with E-state index in [1.807, 2.05) is 11.0 Å². The molecule has 0 aliphatic heterocycles.